The van der Waals surface area contributed by atoms with E-state index in [1.807, 2.05) is 0 Å². The molecule has 2 aliphatic rings. The average Bonchev–Trinajstić information content (AvgIpc) is 2.48. The van der Waals surface area contributed by atoms with Crippen molar-refractivity contribution in [1.29, 1.82) is 0 Å². The summed E-state index contributed by atoms with van der Waals surface area (Å²) in [4.78, 5) is 9.80. The van der Waals surface area contributed by atoms with Crippen LogP contribution >= 0.6 is 0 Å². The number of amidine groups is 1. The zero-order valence-corrected chi connectivity index (χ0v) is 7.35. The molecule has 0 fully saturated rings. The second-order valence-corrected chi connectivity index (χ2v) is 3.13. The van der Waals surface area contributed by atoms with Gasteiger partial charge in [0.2, 0.25) is 0 Å². The van der Waals surface area contributed by atoms with Crippen LogP contribution in [0.25, 0.3) is 0 Å². The van der Waals surface area contributed by atoms with Crippen molar-refractivity contribution in [1.82, 2.24) is 0 Å². The predicted molar refractivity (Wildman–Crippen MR) is 50.2 cm³/mol. The van der Waals surface area contributed by atoms with Crippen molar-refractivity contribution < 1.29 is 9.31 Å². The molecule has 0 aromatic carbocycles. The van der Waals surface area contributed by atoms with Gasteiger partial charge in [-0.05, 0) is 0 Å². The summed E-state index contributed by atoms with van der Waals surface area (Å²) >= 11 is 0. The predicted octanol–water partition coefficient (Wildman–Crippen LogP) is -0.562. The molecule has 1 aliphatic carbocycles. The van der Waals surface area contributed by atoms with E-state index in [9.17, 15) is 14.5 Å². The number of nitrogens with zero attached hydrogens (tertiary/aromatic N) is 3. The second-order valence-electron chi connectivity index (χ2n) is 3.13. The first kappa shape index (κ1) is 9.46. The highest BCUT2D eigenvalue weighted by Crippen LogP contribution is 2.26. The molecule has 1 heterocycles. The molecule has 2 rings (SSSR count). The van der Waals surface area contributed by atoms with Gasteiger partial charge >= 0.3 is 5.66 Å². The molecule has 0 aromatic rings. The number of fused-ring (bicyclic) bond motifs is 1. The molecule has 0 unspecified atom stereocenters. The summed E-state index contributed by atoms with van der Waals surface area (Å²) in [5.74, 6) is -0.971. The van der Waals surface area contributed by atoms with Gasteiger partial charge in [0.25, 0.3) is 0 Å². The molecule has 1 aliphatic heterocycles. The normalized spacial score (nSPS) is 28.7. The molecule has 8 heteroatoms. The molecule has 0 radical (unpaired) electrons. The number of hydrogen-bond acceptors (Lipinski definition) is 6. The van der Waals surface area contributed by atoms with Crippen LogP contribution in [0.15, 0.2) is 33.8 Å². The second kappa shape index (κ2) is 2.70. The van der Waals surface area contributed by atoms with E-state index in [0.717, 1.165) is 6.08 Å². The van der Waals surface area contributed by atoms with E-state index >= 15 is 0 Å². The van der Waals surface area contributed by atoms with Gasteiger partial charge in [0.1, 0.15) is 5.71 Å². The Kier molecular flexibility index (Phi) is 1.70. The molecule has 78 valence electrons. The maximum Gasteiger partial charge on any atom is 0.314 e. The Balaban J connectivity index is 2.56. The molecule has 0 saturated heterocycles. The van der Waals surface area contributed by atoms with Crippen LogP contribution in [0, 0.1) is 10.1 Å². The lowest BCUT2D eigenvalue weighted by molar-refractivity contribution is -0.539. The fourth-order valence-corrected chi connectivity index (χ4v) is 1.30. The molecule has 0 amide bonds. The van der Waals surface area contributed by atoms with Gasteiger partial charge < -0.3 is 5.73 Å². The monoisotopic (exact) mass is 211 g/mol. The van der Waals surface area contributed by atoms with Crippen molar-refractivity contribution in [3.8, 4) is 0 Å². The summed E-state index contributed by atoms with van der Waals surface area (Å²) < 4.78 is 13.3. The topological polar surface area (TPSA) is 120 Å². The lowest BCUT2D eigenvalue weighted by atomic mass is 9.95. The van der Waals surface area contributed by atoms with Gasteiger partial charge in [-0.3, -0.25) is 15.8 Å². The van der Waals surface area contributed by atoms with Crippen LogP contribution in [-0.4, -0.2) is 22.1 Å². The highest BCUT2D eigenvalue weighted by molar-refractivity contribution is 6.31. The van der Waals surface area contributed by atoms with Gasteiger partial charge in [-0.25, -0.2) is 4.39 Å². The lowest BCUT2D eigenvalue weighted by Gasteiger charge is -2.18. The van der Waals surface area contributed by atoms with Crippen LogP contribution < -0.4 is 11.5 Å². The van der Waals surface area contributed by atoms with Crippen molar-refractivity contribution in [3.63, 3.8) is 0 Å². The highest BCUT2D eigenvalue weighted by atomic mass is 19.1. The lowest BCUT2D eigenvalue weighted by Crippen LogP contribution is -2.47. The maximum absolute atomic E-state index is 13.3. The third-order valence-corrected chi connectivity index (χ3v) is 2.06. The maximum atomic E-state index is 13.3. The van der Waals surface area contributed by atoms with Gasteiger partial charge in [0, 0.05) is 6.08 Å². The molecular formula is C7H6FN5O2. The molecule has 7 nitrogen and oxygen atoms in total. The smallest absolute Gasteiger partial charge is 0.314 e. The van der Waals surface area contributed by atoms with Gasteiger partial charge in [0.15, 0.2) is 11.7 Å². The van der Waals surface area contributed by atoms with Crippen LogP contribution in [0.1, 0.15) is 0 Å². The molecule has 0 aromatic heterocycles. The van der Waals surface area contributed by atoms with Crippen LogP contribution in [0.2, 0.25) is 0 Å². The Morgan fingerprint density at radius 3 is 2.73 bits per heavy atom. The Morgan fingerprint density at radius 1 is 1.47 bits per heavy atom. The number of hydrogen-bond donors (Lipinski definition) is 2. The van der Waals surface area contributed by atoms with Crippen molar-refractivity contribution in [2.45, 2.75) is 5.66 Å². The van der Waals surface area contributed by atoms with E-state index in [4.69, 9.17) is 11.5 Å². The van der Waals surface area contributed by atoms with E-state index in [1.54, 1.807) is 0 Å². The van der Waals surface area contributed by atoms with Crippen molar-refractivity contribution in [2.75, 3.05) is 0 Å². The SMILES string of the molecule is NC1=NN=C2C(F)=C[C@@](N)([N+](=O)[O-])C=C12. The van der Waals surface area contributed by atoms with Crippen LogP contribution in [0.4, 0.5) is 4.39 Å². The average molecular weight is 211 g/mol. The minimum absolute atomic E-state index is 0.0641. The first-order valence-corrected chi connectivity index (χ1v) is 3.91. The number of nitrogens with two attached hydrogens (primary N) is 2. The van der Waals surface area contributed by atoms with E-state index < -0.39 is 16.4 Å². The van der Waals surface area contributed by atoms with Crippen LogP contribution in [-0.2, 0) is 0 Å². The number of nitro groups is 1. The van der Waals surface area contributed by atoms with Gasteiger partial charge in [-0.15, -0.1) is 10.2 Å². The summed E-state index contributed by atoms with van der Waals surface area (Å²) in [6, 6.07) is 0. The standard InChI is InChI=1S/C7H6FN5O2/c8-4-2-7(10,13(14)15)1-3-5(4)11-12-6(3)9/h1-2H,10H2,(H2,9,12)/t7-/m0/s1. The van der Waals surface area contributed by atoms with Crippen molar-refractivity contribution in [2.24, 2.45) is 21.7 Å². The van der Waals surface area contributed by atoms with Crippen molar-refractivity contribution >= 4 is 11.5 Å². The van der Waals surface area contributed by atoms with E-state index in [-0.39, 0.29) is 17.1 Å². The fourth-order valence-electron chi connectivity index (χ4n) is 1.30. The fraction of sp³-hybridized carbons (Fsp3) is 0.143. The Labute approximate surface area is 82.8 Å². The van der Waals surface area contributed by atoms with Gasteiger partial charge in [-0.2, -0.15) is 0 Å². The Hall–Kier alpha value is -2.09. The summed E-state index contributed by atoms with van der Waals surface area (Å²) in [6.45, 7) is 0. The minimum atomic E-state index is -2.09. The Morgan fingerprint density at radius 2 is 2.13 bits per heavy atom. The largest absolute Gasteiger partial charge is 0.382 e. The van der Waals surface area contributed by atoms with E-state index in [0.29, 0.717) is 6.08 Å². The number of rotatable bonds is 1. The third kappa shape index (κ3) is 1.22. The zero-order chi connectivity index (χ0) is 11.2. The molecule has 0 bridgehead atoms. The summed E-state index contributed by atoms with van der Waals surface area (Å²) in [5, 5.41) is 17.5. The molecule has 0 spiro atoms. The molecule has 15 heavy (non-hydrogen) atoms. The summed E-state index contributed by atoms with van der Waals surface area (Å²) in [7, 11) is 0. The third-order valence-electron chi connectivity index (χ3n) is 2.06. The molecular weight excluding hydrogens is 205 g/mol. The highest BCUT2D eigenvalue weighted by Gasteiger charge is 2.42. The number of allylic oxidation sites excluding steroid dienone is 1. The quantitative estimate of drug-likeness (QED) is 0.343. The summed E-state index contributed by atoms with van der Waals surface area (Å²) in [5.41, 5.74) is 8.58. The molecule has 4 N–H and O–H groups in total. The van der Waals surface area contributed by atoms with Crippen LogP contribution in [0.3, 0.4) is 0 Å². The molecule has 0 saturated carbocycles. The Bertz CT molecular complexity index is 478. The van der Waals surface area contributed by atoms with E-state index in [1.165, 1.54) is 0 Å². The van der Waals surface area contributed by atoms with Gasteiger partial charge in [0.05, 0.1) is 16.6 Å². The van der Waals surface area contributed by atoms with E-state index in [2.05, 4.69) is 10.2 Å². The van der Waals surface area contributed by atoms with Gasteiger partial charge in [-0.1, -0.05) is 0 Å². The van der Waals surface area contributed by atoms with Crippen LogP contribution in [0.5, 0.6) is 0 Å². The van der Waals surface area contributed by atoms with Crippen molar-refractivity contribution in [3.05, 3.63) is 33.7 Å². The number of halogens is 1. The summed E-state index contributed by atoms with van der Waals surface area (Å²) in [6.07, 6.45) is 1.70. The minimum Gasteiger partial charge on any atom is -0.382 e. The first-order valence-electron chi connectivity index (χ1n) is 3.91. The molecule has 1 atom stereocenters. The first-order chi connectivity index (χ1) is 6.94. The zero-order valence-electron chi connectivity index (χ0n) is 7.35.